The van der Waals surface area contributed by atoms with Gasteiger partial charge in [-0.15, -0.1) is 0 Å². The Labute approximate surface area is 134 Å². The Morgan fingerprint density at radius 2 is 1.78 bits per heavy atom. The van der Waals surface area contributed by atoms with Gasteiger partial charge in [0, 0.05) is 25.3 Å². The van der Waals surface area contributed by atoms with Crippen molar-refractivity contribution in [3.05, 3.63) is 65.7 Å². The van der Waals surface area contributed by atoms with Gasteiger partial charge in [0.2, 0.25) is 5.91 Å². The van der Waals surface area contributed by atoms with E-state index in [9.17, 15) is 13.6 Å². The van der Waals surface area contributed by atoms with Gasteiger partial charge in [0.25, 0.3) is 0 Å². The van der Waals surface area contributed by atoms with E-state index in [1.54, 1.807) is 29.2 Å². The van der Waals surface area contributed by atoms with E-state index in [-0.39, 0.29) is 23.6 Å². The van der Waals surface area contributed by atoms with Crippen LogP contribution in [-0.4, -0.2) is 29.9 Å². The lowest BCUT2D eigenvalue weighted by Crippen LogP contribution is -2.55. The van der Waals surface area contributed by atoms with Crippen molar-refractivity contribution in [2.24, 2.45) is 0 Å². The lowest BCUT2D eigenvalue weighted by Gasteiger charge is -2.39. The predicted octanol–water partition coefficient (Wildman–Crippen LogP) is 3.20. The van der Waals surface area contributed by atoms with Crippen LogP contribution in [0.4, 0.5) is 14.5 Å². The summed E-state index contributed by atoms with van der Waals surface area (Å²) in [4.78, 5) is 16.3. The number of nitrogens with zero attached hydrogens (tertiary/aromatic N) is 2. The largest absolute Gasteiger partial charge is 0.310 e. The highest BCUT2D eigenvalue weighted by Crippen LogP contribution is 2.22. The highest BCUT2D eigenvalue weighted by atomic mass is 19.1. The van der Waals surface area contributed by atoms with Crippen molar-refractivity contribution in [3.8, 4) is 0 Å². The first-order valence-electron chi connectivity index (χ1n) is 7.60. The number of carbonyl (C=O) groups excluding carboxylic acids is 1. The molecule has 0 bridgehead atoms. The molecule has 1 fully saturated rings. The molecule has 0 saturated carbocycles. The van der Waals surface area contributed by atoms with Crippen molar-refractivity contribution in [1.82, 2.24) is 4.90 Å². The summed E-state index contributed by atoms with van der Waals surface area (Å²) in [5.41, 5.74) is 1.55. The van der Waals surface area contributed by atoms with E-state index < -0.39 is 0 Å². The smallest absolute Gasteiger partial charge is 0.244 e. The fourth-order valence-electron chi connectivity index (χ4n) is 2.85. The van der Waals surface area contributed by atoms with Gasteiger partial charge in [0.15, 0.2) is 0 Å². The molecule has 120 valence electrons. The van der Waals surface area contributed by atoms with Crippen LogP contribution in [0, 0.1) is 11.6 Å². The monoisotopic (exact) mass is 316 g/mol. The molecule has 5 heteroatoms. The lowest BCUT2D eigenvalue weighted by atomic mass is 10.1. The van der Waals surface area contributed by atoms with E-state index in [1.165, 1.54) is 24.3 Å². The van der Waals surface area contributed by atoms with Crippen molar-refractivity contribution in [2.75, 3.05) is 18.0 Å². The molecule has 0 spiro atoms. The van der Waals surface area contributed by atoms with Crippen molar-refractivity contribution < 1.29 is 13.6 Å². The fourth-order valence-corrected chi connectivity index (χ4v) is 2.85. The molecule has 0 N–H and O–H groups in total. The Balaban J connectivity index is 1.72. The van der Waals surface area contributed by atoms with Crippen LogP contribution < -0.4 is 4.90 Å². The molecule has 0 unspecified atom stereocenters. The van der Waals surface area contributed by atoms with Crippen molar-refractivity contribution >= 4 is 11.6 Å². The first kappa shape index (κ1) is 15.6. The zero-order valence-electron chi connectivity index (χ0n) is 12.9. The van der Waals surface area contributed by atoms with Crippen molar-refractivity contribution in [3.63, 3.8) is 0 Å². The number of amides is 1. The second-order valence-electron chi connectivity index (χ2n) is 5.74. The Hall–Kier alpha value is -2.27. The topological polar surface area (TPSA) is 23.6 Å². The molecule has 1 aliphatic heterocycles. The fraction of sp³-hybridized carbons (Fsp3) is 0.278. The Bertz CT molecular complexity index is 702. The summed E-state index contributed by atoms with van der Waals surface area (Å²) in [6, 6.07) is 12.1. The standard InChI is InChI=1S/C18H18F2N2O/c1-13-18(23)22(17-4-2-3-16(20)11-17)10-9-21(13)12-14-5-7-15(19)8-6-14/h2-8,11,13H,9-10,12H2,1H3/t13-/m0/s1. The van der Waals surface area contributed by atoms with Crippen LogP contribution in [-0.2, 0) is 11.3 Å². The molecule has 2 aromatic rings. The zero-order chi connectivity index (χ0) is 16.4. The van der Waals surface area contributed by atoms with Gasteiger partial charge in [-0.05, 0) is 42.8 Å². The van der Waals surface area contributed by atoms with Crippen LogP contribution in [0.25, 0.3) is 0 Å². The average Bonchev–Trinajstić information content (AvgIpc) is 2.54. The Kier molecular flexibility index (Phi) is 4.39. The molecular formula is C18H18F2N2O. The summed E-state index contributed by atoms with van der Waals surface area (Å²) in [7, 11) is 0. The van der Waals surface area contributed by atoms with E-state index in [0.29, 0.717) is 25.3 Å². The van der Waals surface area contributed by atoms with Crippen molar-refractivity contribution in [2.45, 2.75) is 19.5 Å². The van der Waals surface area contributed by atoms with Gasteiger partial charge < -0.3 is 4.90 Å². The highest BCUT2D eigenvalue weighted by Gasteiger charge is 2.32. The summed E-state index contributed by atoms with van der Waals surface area (Å²) in [6.07, 6.45) is 0. The van der Waals surface area contributed by atoms with Crippen LogP contribution in [0.1, 0.15) is 12.5 Å². The maximum atomic E-state index is 13.4. The van der Waals surface area contributed by atoms with Gasteiger partial charge >= 0.3 is 0 Å². The predicted molar refractivity (Wildman–Crippen MR) is 85.0 cm³/mol. The summed E-state index contributed by atoms with van der Waals surface area (Å²) in [6.45, 7) is 3.62. The number of anilines is 1. The Morgan fingerprint density at radius 3 is 2.48 bits per heavy atom. The van der Waals surface area contributed by atoms with E-state index in [4.69, 9.17) is 0 Å². The second-order valence-corrected chi connectivity index (χ2v) is 5.74. The summed E-state index contributed by atoms with van der Waals surface area (Å²) < 4.78 is 26.3. The van der Waals surface area contributed by atoms with Gasteiger partial charge in [0.05, 0.1) is 6.04 Å². The minimum Gasteiger partial charge on any atom is -0.310 e. The molecule has 0 aromatic heterocycles. The number of rotatable bonds is 3. The van der Waals surface area contributed by atoms with Crippen molar-refractivity contribution in [1.29, 1.82) is 0 Å². The molecule has 1 saturated heterocycles. The third-order valence-corrected chi connectivity index (χ3v) is 4.20. The normalized spacial score (nSPS) is 19.2. The summed E-state index contributed by atoms with van der Waals surface area (Å²) in [5, 5.41) is 0. The number of carbonyl (C=O) groups is 1. The van der Waals surface area contributed by atoms with Gasteiger partial charge in [-0.2, -0.15) is 0 Å². The zero-order valence-corrected chi connectivity index (χ0v) is 12.9. The van der Waals surface area contributed by atoms with E-state index in [1.807, 2.05) is 11.8 Å². The molecule has 0 radical (unpaired) electrons. The molecule has 23 heavy (non-hydrogen) atoms. The van der Waals surface area contributed by atoms with Crippen LogP contribution in [0.5, 0.6) is 0 Å². The van der Waals surface area contributed by atoms with Crippen LogP contribution in [0.15, 0.2) is 48.5 Å². The molecule has 1 atom stereocenters. The summed E-state index contributed by atoms with van der Waals surface area (Å²) >= 11 is 0. The van der Waals surface area contributed by atoms with E-state index in [0.717, 1.165) is 5.56 Å². The first-order valence-corrected chi connectivity index (χ1v) is 7.60. The molecule has 2 aromatic carbocycles. The van der Waals surface area contributed by atoms with Crippen LogP contribution >= 0.6 is 0 Å². The molecule has 3 nitrogen and oxygen atoms in total. The van der Waals surface area contributed by atoms with Crippen LogP contribution in [0.3, 0.4) is 0 Å². The highest BCUT2D eigenvalue weighted by molar-refractivity contribution is 5.97. The second kappa shape index (κ2) is 6.46. The number of benzene rings is 2. The molecule has 1 aliphatic rings. The van der Waals surface area contributed by atoms with Crippen LogP contribution in [0.2, 0.25) is 0 Å². The minimum absolute atomic E-state index is 0.0519. The maximum absolute atomic E-state index is 13.4. The number of halogens is 2. The Morgan fingerprint density at radius 1 is 1.04 bits per heavy atom. The maximum Gasteiger partial charge on any atom is 0.244 e. The third-order valence-electron chi connectivity index (χ3n) is 4.20. The van der Waals surface area contributed by atoms with Gasteiger partial charge in [-0.25, -0.2) is 8.78 Å². The molecular weight excluding hydrogens is 298 g/mol. The number of hydrogen-bond donors (Lipinski definition) is 0. The van der Waals surface area contributed by atoms with Gasteiger partial charge in [-0.1, -0.05) is 18.2 Å². The minimum atomic E-state index is -0.350. The van der Waals surface area contributed by atoms with Gasteiger partial charge in [0.1, 0.15) is 11.6 Å². The third kappa shape index (κ3) is 3.40. The molecule has 1 amide bonds. The quantitative estimate of drug-likeness (QED) is 0.868. The molecule has 1 heterocycles. The number of piperazine rings is 1. The van der Waals surface area contributed by atoms with Gasteiger partial charge in [-0.3, -0.25) is 9.69 Å². The summed E-state index contributed by atoms with van der Waals surface area (Å²) in [5.74, 6) is -0.672. The first-order chi connectivity index (χ1) is 11.0. The number of hydrogen-bond acceptors (Lipinski definition) is 2. The average molecular weight is 316 g/mol. The lowest BCUT2D eigenvalue weighted by molar-refractivity contribution is -0.125. The molecule has 0 aliphatic carbocycles. The van der Waals surface area contributed by atoms with E-state index in [2.05, 4.69) is 0 Å². The van der Waals surface area contributed by atoms with E-state index >= 15 is 0 Å². The SMILES string of the molecule is C[C@H]1C(=O)N(c2cccc(F)c2)CCN1Cc1ccc(F)cc1. The molecule has 3 rings (SSSR count).